The molecule has 1 amide bonds. The van der Waals surface area contributed by atoms with Crippen molar-refractivity contribution in [2.24, 2.45) is 5.41 Å². The third-order valence-electron chi connectivity index (χ3n) is 3.49. The van der Waals surface area contributed by atoms with Gasteiger partial charge in [0.1, 0.15) is 5.82 Å². The lowest BCUT2D eigenvalue weighted by Gasteiger charge is -2.23. The lowest BCUT2D eigenvalue weighted by Crippen LogP contribution is -2.34. The highest BCUT2D eigenvalue weighted by Gasteiger charge is 2.51. The lowest BCUT2D eigenvalue weighted by atomic mass is 9.97. The van der Waals surface area contributed by atoms with Gasteiger partial charge < -0.3 is 4.90 Å². The van der Waals surface area contributed by atoms with E-state index in [1.165, 1.54) is 12.1 Å². The molecule has 1 aliphatic rings. The Morgan fingerprint density at radius 2 is 1.88 bits per heavy atom. The fourth-order valence-electron chi connectivity index (χ4n) is 2.05. The number of hydrogen-bond acceptors (Lipinski definition) is 1. The first kappa shape index (κ1) is 11.8. The molecule has 90 valence electrons. The molecular formula is C14H16FNO. The highest BCUT2D eigenvalue weighted by Crippen LogP contribution is 2.52. The number of benzene rings is 1. The van der Waals surface area contributed by atoms with Crippen molar-refractivity contribution >= 4 is 11.6 Å². The van der Waals surface area contributed by atoms with Crippen molar-refractivity contribution in [3.8, 4) is 0 Å². The summed E-state index contributed by atoms with van der Waals surface area (Å²) in [6.07, 6.45) is 1.74. The van der Waals surface area contributed by atoms with Crippen LogP contribution in [0.2, 0.25) is 0 Å². The summed E-state index contributed by atoms with van der Waals surface area (Å²) in [6, 6.07) is 5.95. The second kappa shape index (κ2) is 3.99. The molecule has 3 heteroatoms. The molecule has 0 unspecified atom stereocenters. The summed E-state index contributed by atoms with van der Waals surface area (Å²) in [5.41, 5.74) is 1.25. The molecule has 0 saturated heterocycles. The fraction of sp³-hybridized carbons (Fsp3) is 0.357. The first-order chi connectivity index (χ1) is 7.97. The van der Waals surface area contributed by atoms with Crippen LogP contribution >= 0.6 is 0 Å². The van der Waals surface area contributed by atoms with E-state index in [0.29, 0.717) is 5.69 Å². The van der Waals surface area contributed by atoms with E-state index in [1.54, 1.807) is 24.1 Å². The summed E-state index contributed by atoms with van der Waals surface area (Å²) >= 11 is 0. The third-order valence-corrected chi connectivity index (χ3v) is 3.49. The molecule has 1 fully saturated rings. The van der Waals surface area contributed by atoms with Crippen LogP contribution in [0.3, 0.4) is 0 Å². The molecule has 2 nitrogen and oxygen atoms in total. The van der Waals surface area contributed by atoms with Crippen LogP contribution in [-0.2, 0) is 4.79 Å². The Morgan fingerprint density at radius 3 is 2.29 bits per heavy atom. The first-order valence-electron chi connectivity index (χ1n) is 5.67. The number of carbonyl (C=O) groups is 1. The highest BCUT2D eigenvalue weighted by atomic mass is 19.1. The Balaban J connectivity index is 2.21. The minimum Gasteiger partial charge on any atom is -0.315 e. The summed E-state index contributed by atoms with van der Waals surface area (Å²) in [7, 11) is 1.72. The number of halogens is 1. The summed E-state index contributed by atoms with van der Waals surface area (Å²) in [5, 5.41) is 0. The molecule has 1 aromatic rings. The molecule has 1 aliphatic carbocycles. The first-order valence-corrected chi connectivity index (χ1v) is 5.67. The van der Waals surface area contributed by atoms with Gasteiger partial charge in [0, 0.05) is 12.7 Å². The van der Waals surface area contributed by atoms with Crippen molar-refractivity contribution in [2.75, 3.05) is 11.9 Å². The largest absolute Gasteiger partial charge is 0.315 e. The summed E-state index contributed by atoms with van der Waals surface area (Å²) in [5.74, 6) is -0.243. The van der Waals surface area contributed by atoms with Crippen LogP contribution in [0, 0.1) is 11.2 Å². The molecule has 0 N–H and O–H groups in total. The molecule has 0 bridgehead atoms. The summed E-state index contributed by atoms with van der Waals surface area (Å²) in [4.78, 5) is 13.9. The summed E-state index contributed by atoms with van der Waals surface area (Å²) in [6.45, 7) is 5.79. The van der Waals surface area contributed by atoms with Crippen LogP contribution in [0.15, 0.2) is 36.4 Å². The third kappa shape index (κ3) is 1.97. The molecule has 1 aromatic carbocycles. The predicted molar refractivity (Wildman–Crippen MR) is 66.3 cm³/mol. The van der Waals surface area contributed by atoms with Gasteiger partial charge in [0.15, 0.2) is 0 Å². The van der Waals surface area contributed by atoms with Crippen LogP contribution in [0.4, 0.5) is 10.1 Å². The maximum atomic E-state index is 12.8. The van der Waals surface area contributed by atoms with Gasteiger partial charge in [-0.05, 0) is 44.0 Å². The van der Waals surface area contributed by atoms with Gasteiger partial charge in [0.25, 0.3) is 0 Å². The maximum Gasteiger partial charge on any atom is 0.237 e. The molecular weight excluding hydrogens is 217 g/mol. The number of carbonyl (C=O) groups excluding carboxylic acids is 1. The Hall–Kier alpha value is -1.64. The number of amides is 1. The van der Waals surface area contributed by atoms with Crippen LogP contribution in [0.25, 0.3) is 0 Å². The number of hydrogen-bond donors (Lipinski definition) is 0. The van der Waals surface area contributed by atoms with Crippen molar-refractivity contribution in [3.05, 3.63) is 42.2 Å². The van der Waals surface area contributed by atoms with Crippen molar-refractivity contribution in [1.82, 2.24) is 0 Å². The molecule has 0 heterocycles. The van der Waals surface area contributed by atoms with Crippen molar-refractivity contribution in [3.63, 3.8) is 0 Å². The van der Waals surface area contributed by atoms with Gasteiger partial charge in [-0.1, -0.05) is 12.2 Å². The van der Waals surface area contributed by atoms with E-state index < -0.39 is 0 Å². The smallest absolute Gasteiger partial charge is 0.237 e. The number of anilines is 1. The van der Waals surface area contributed by atoms with E-state index in [4.69, 9.17) is 0 Å². The average molecular weight is 233 g/mol. The number of nitrogens with zero attached hydrogens (tertiary/aromatic N) is 1. The van der Waals surface area contributed by atoms with Crippen molar-refractivity contribution in [2.45, 2.75) is 19.8 Å². The monoisotopic (exact) mass is 233 g/mol. The second-order valence-corrected chi connectivity index (χ2v) is 4.70. The van der Waals surface area contributed by atoms with E-state index in [-0.39, 0.29) is 17.1 Å². The highest BCUT2D eigenvalue weighted by molar-refractivity contribution is 6.00. The van der Waals surface area contributed by atoms with Crippen LogP contribution < -0.4 is 4.90 Å². The SMILES string of the molecule is C=C(C)C1(C(=O)N(C)c2ccc(F)cc2)CC1. The Morgan fingerprint density at radius 1 is 1.35 bits per heavy atom. The topological polar surface area (TPSA) is 20.3 Å². The second-order valence-electron chi connectivity index (χ2n) is 4.70. The zero-order valence-corrected chi connectivity index (χ0v) is 10.2. The fourth-order valence-corrected chi connectivity index (χ4v) is 2.05. The van der Waals surface area contributed by atoms with Gasteiger partial charge in [0.05, 0.1) is 5.41 Å². The van der Waals surface area contributed by atoms with E-state index in [1.807, 2.05) is 6.92 Å². The molecule has 17 heavy (non-hydrogen) atoms. The zero-order chi connectivity index (χ0) is 12.6. The molecule has 1 saturated carbocycles. The molecule has 0 atom stereocenters. The minimum absolute atomic E-state index is 0.0524. The van der Waals surface area contributed by atoms with E-state index in [9.17, 15) is 9.18 Å². The van der Waals surface area contributed by atoms with Crippen molar-refractivity contribution < 1.29 is 9.18 Å². The maximum absolute atomic E-state index is 12.8. The van der Waals surface area contributed by atoms with Crippen LogP contribution in [0.1, 0.15) is 19.8 Å². The van der Waals surface area contributed by atoms with Gasteiger partial charge in [-0.3, -0.25) is 4.79 Å². The van der Waals surface area contributed by atoms with Gasteiger partial charge >= 0.3 is 0 Å². The van der Waals surface area contributed by atoms with Crippen LogP contribution in [-0.4, -0.2) is 13.0 Å². The standard InChI is InChI=1S/C14H16FNO/c1-10(2)14(8-9-14)13(17)16(3)12-6-4-11(15)5-7-12/h4-7H,1,8-9H2,2-3H3. The molecule has 0 spiro atoms. The van der Waals surface area contributed by atoms with E-state index in [0.717, 1.165) is 18.4 Å². The summed E-state index contributed by atoms with van der Waals surface area (Å²) < 4.78 is 12.8. The Labute approximate surface area is 101 Å². The average Bonchev–Trinajstić information content (AvgIpc) is 3.09. The quantitative estimate of drug-likeness (QED) is 0.734. The van der Waals surface area contributed by atoms with Gasteiger partial charge in [-0.2, -0.15) is 0 Å². The molecule has 0 aliphatic heterocycles. The molecule has 0 aromatic heterocycles. The van der Waals surface area contributed by atoms with Crippen LogP contribution in [0.5, 0.6) is 0 Å². The lowest BCUT2D eigenvalue weighted by molar-refractivity contribution is -0.122. The van der Waals surface area contributed by atoms with Gasteiger partial charge in [-0.15, -0.1) is 0 Å². The number of rotatable bonds is 3. The van der Waals surface area contributed by atoms with E-state index in [2.05, 4.69) is 6.58 Å². The molecule has 2 rings (SSSR count). The van der Waals surface area contributed by atoms with Crippen molar-refractivity contribution in [1.29, 1.82) is 0 Å². The normalized spacial score (nSPS) is 16.4. The molecule has 0 radical (unpaired) electrons. The van der Waals surface area contributed by atoms with Gasteiger partial charge in [-0.25, -0.2) is 4.39 Å². The predicted octanol–water partition coefficient (Wildman–Crippen LogP) is 3.14. The Kier molecular flexibility index (Phi) is 2.77. The minimum atomic E-state index is -0.372. The van der Waals surface area contributed by atoms with E-state index >= 15 is 0 Å². The van der Waals surface area contributed by atoms with Gasteiger partial charge in [0.2, 0.25) is 5.91 Å². The zero-order valence-electron chi connectivity index (χ0n) is 10.2. The Bertz CT molecular complexity index is 460.